The number of aromatic nitrogens is 4. The van der Waals surface area contributed by atoms with Crippen LogP contribution in [0.3, 0.4) is 0 Å². The van der Waals surface area contributed by atoms with Crippen LogP contribution in [0.2, 0.25) is 5.02 Å². The van der Waals surface area contributed by atoms with Gasteiger partial charge >= 0.3 is 0 Å². The number of aliphatic hydroxyl groups excluding tert-OH is 1. The second-order valence-electron chi connectivity index (χ2n) is 7.97. The maximum atomic E-state index is 12.6. The van der Waals surface area contributed by atoms with Gasteiger partial charge in [-0.15, -0.1) is 0 Å². The monoisotopic (exact) mass is 419 g/mol. The van der Waals surface area contributed by atoms with E-state index in [4.69, 9.17) is 16.6 Å². The largest absolute Gasteiger partial charge is 0.396 e. The van der Waals surface area contributed by atoms with E-state index in [0.29, 0.717) is 22.6 Å². The van der Waals surface area contributed by atoms with Gasteiger partial charge in [-0.25, -0.2) is 19.9 Å². The molecular formula is C19H22ClN5O2S. The third kappa shape index (κ3) is 2.84. The second-order valence-corrected chi connectivity index (χ2v) is 9.82. The van der Waals surface area contributed by atoms with E-state index >= 15 is 0 Å². The van der Waals surface area contributed by atoms with Crippen LogP contribution >= 0.6 is 11.6 Å². The van der Waals surface area contributed by atoms with Crippen molar-refractivity contribution in [1.82, 2.24) is 19.9 Å². The number of hydrogen-bond donors (Lipinski definition) is 1. The van der Waals surface area contributed by atoms with Gasteiger partial charge in [0.05, 0.1) is 26.4 Å². The molecule has 2 aliphatic heterocycles. The molecule has 0 aromatic carbocycles. The Bertz CT molecular complexity index is 917. The Morgan fingerprint density at radius 3 is 2.57 bits per heavy atom. The lowest BCUT2D eigenvalue weighted by molar-refractivity contribution is 0.0696. The summed E-state index contributed by atoms with van der Waals surface area (Å²) in [6.07, 6.45) is 8.81. The Morgan fingerprint density at radius 2 is 1.93 bits per heavy atom. The number of rotatable bonds is 3. The van der Waals surface area contributed by atoms with Crippen LogP contribution in [0.4, 0.5) is 5.95 Å². The fourth-order valence-corrected chi connectivity index (χ4v) is 6.63. The quantitative estimate of drug-likeness (QED) is 0.813. The third-order valence-corrected chi connectivity index (χ3v) is 8.33. The van der Waals surface area contributed by atoms with E-state index in [1.165, 1.54) is 0 Å². The second kappa shape index (κ2) is 7.00. The maximum Gasteiger partial charge on any atom is 0.225 e. The lowest BCUT2D eigenvalue weighted by atomic mass is 9.60. The predicted molar refractivity (Wildman–Crippen MR) is 106 cm³/mol. The summed E-state index contributed by atoms with van der Waals surface area (Å²) in [5.41, 5.74) is 0.687. The summed E-state index contributed by atoms with van der Waals surface area (Å²) in [5.74, 6) is 2.59. The van der Waals surface area contributed by atoms with E-state index in [9.17, 15) is 9.32 Å². The fraction of sp³-hybridized carbons (Fsp3) is 0.579. The fourth-order valence-electron chi connectivity index (χ4n) is 4.75. The zero-order valence-corrected chi connectivity index (χ0v) is 17.0. The Balaban J connectivity index is 1.35. The zero-order chi connectivity index (χ0) is 19.3. The van der Waals surface area contributed by atoms with Gasteiger partial charge in [0.2, 0.25) is 5.95 Å². The molecule has 3 aliphatic rings. The minimum atomic E-state index is -1.07. The predicted octanol–water partition coefficient (Wildman–Crippen LogP) is 2.07. The molecule has 148 valence electrons. The highest BCUT2D eigenvalue weighted by molar-refractivity contribution is 7.85. The van der Waals surface area contributed by atoms with E-state index < -0.39 is 10.8 Å². The molecule has 1 saturated heterocycles. The summed E-state index contributed by atoms with van der Waals surface area (Å²) in [4.78, 5) is 21.1. The molecule has 4 heterocycles. The van der Waals surface area contributed by atoms with E-state index in [-0.39, 0.29) is 17.9 Å². The molecule has 1 spiro atoms. The smallest absolute Gasteiger partial charge is 0.225 e. The zero-order valence-electron chi connectivity index (χ0n) is 15.4. The Kier molecular flexibility index (Phi) is 4.60. The Labute approximate surface area is 171 Å². The standard InChI is InChI=1S/C19H22ClN5O2S/c20-14-7-21-17(22-8-14)12-2-5-25(6-3-12)18-23-9-15-16(24-18)19(11-28(15)27)4-1-13(19)10-26/h7-9,12-13,26H,1-6,10-11H2/t13?,19?,28-/m1/s1. The molecule has 0 bridgehead atoms. The van der Waals surface area contributed by atoms with E-state index in [1.54, 1.807) is 18.6 Å². The molecule has 2 fully saturated rings. The molecule has 1 saturated carbocycles. The minimum Gasteiger partial charge on any atom is -0.396 e. The molecule has 1 N–H and O–H groups in total. The van der Waals surface area contributed by atoms with Crippen molar-refractivity contribution < 1.29 is 9.32 Å². The van der Waals surface area contributed by atoms with Gasteiger partial charge in [0.1, 0.15) is 5.82 Å². The van der Waals surface area contributed by atoms with Crippen molar-refractivity contribution in [2.24, 2.45) is 5.92 Å². The van der Waals surface area contributed by atoms with E-state index in [0.717, 1.165) is 55.2 Å². The van der Waals surface area contributed by atoms with Crippen molar-refractivity contribution in [3.05, 3.63) is 35.1 Å². The average Bonchev–Trinajstić information content (AvgIpc) is 3.02. The van der Waals surface area contributed by atoms with Crippen LogP contribution in [0.15, 0.2) is 23.5 Å². The normalized spacial score (nSPS) is 29.7. The van der Waals surface area contributed by atoms with Crippen molar-refractivity contribution in [1.29, 1.82) is 0 Å². The third-order valence-electron chi connectivity index (χ3n) is 6.57. The molecule has 2 unspecified atom stereocenters. The number of nitrogens with zero attached hydrogens (tertiary/aromatic N) is 5. The summed E-state index contributed by atoms with van der Waals surface area (Å²) in [6.45, 7) is 1.78. The molecule has 7 nitrogen and oxygen atoms in total. The molecule has 0 amide bonds. The van der Waals surface area contributed by atoms with Crippen LogP contribution in [0.1, 0.15) is 43.1 Å². The van der Waals surface area contributed by atoms with Crippen LogP contribution in [0.25, 0.3) is 0 Å². The molecule has 28 heavy (non-hydrogen) atoms. The van der Waals surface area contributed by atoms with Crippen molar-refractivity contribution in [2.45, 2.75) is 41.9 Å². The van der Waals surface area contributed by atoms with Crippen molar-refractivity contribution >= 4 is 28.3 Å². The number of fused-ring (bicyclic) bond motifs is 2. The molecule has 2 aromatic heterocycles. The van der Waals surface area contributed by atoms with Gasteiger partial charge in [0.25, 0.3) is 0 Å². The van der Waals surface area contributed by atoms with E-state index in [1.807, 2.05) is 0 Å². The highest BCUT2D eigenvalue weighted by atomic mass is 35.5. The first kappa shape index (κ1) is 18.4. The van der Waals surface area contributed by atoms with Gasteiger partial charge in [0, 0.05) is 55.4 Å². The molecule has 3 atom stereocenters. The number of piperidine rings is 1. The topological polar surface area (TPSA) is 92.1 Å². The summed E-state index contributed by atoms with van der Waals surface area (Å²) in [7, 11) is -1.07. The lowest BCUT2D eigenvalue weighted by Crippen LogP contribution is -2.48. The minimum absolute atomic E-state index is 0.127. The molecule has 5 rings (SSSR count). The molecule has 1 aliphatic carbocycles. The highest BCUT2D eigenvalue weighted by Crippen LogP contribution is 2.54. The van der Waals surface area contributed by atoms with Crippen molar-refractivity contribution in [3.8, 4) is 0 Å². The summed E-state index contributed by atoms with van der Waals surface area (Å²) >= 11 is 5.88. The first-order valence-corrected chi connectivity index (χ1v) is 11.4. The van der Waals surface area contributed by atoms with Gasteiger partial charge in [-0.3, -0.25) is 4.21 Å². The summed E-state index contributed by atoms with van der Waals surface area (Å²) < 4.78 is 12.6. The Morgan fingerprint density at radius 1 is 1.18 bits per heavy atom. The van der Waals surface area contributed by atoms with Gasteiger partial charge in [-0.1, -0.05) is 11.6 Å². The first-order valence-electron chi connectivity index (χ1n) is 9.70. The van der Waals surface area contributed by atoms with Crippen molar-refractivity contribution in [3.63, 3.8) is 0 Å². The van der Waals surface area contributed by atoms with Gasteiger partial charge < -0.3 is 10.0 Å². The van der Waals surface area contributed by atoms with Crippen LogP contribution in [0.5, 0.6) is 0 Å². The summed E-state index contributed by atoms with van der Waals surface area (Å²) in [6, 6.07) is 0. The van der Waals surface area contributed by atoms with Crippen molar-refractivity contribution in [2.75, 3.05) is 30.3 Å². The summed E-state index contributed by atoms with van der Waals surface area (Å²) in [5, 5.41) is 10.3. The van der Waals surface area contributed by atoms with Gasteiger partial charge in [0.15, 0.2) is 0 Å². The van der Waals surface area contributed by atoms with Crippen LogP contribution in [-0.2, 0) is 16.2 Å². The lowest BCUT2D eigenvalue weighted by Gasteiger charge is -2.45. The van der Waals surface area contributed by atoms with Crippen LogP contribution in [0, 0.1) is 5.92 Å². The number of anilines is 1. The number of aliphatic hydroxyl groups is 1. The molecule has 9 heteroatoms. The van der Waals surface area contributed by atoms with Crippen LogP contribution in [-0.4, -0.2) is 54.7 Å². The average molecular weight is 420 g/mol. The molecule has 0 radical (unpaired) electrons. The van der Waals surface area contributed by atoms with Crippen LogP contribution < -0.4 is 4.90 Å². The number of hydrogen-bond acceptors (Lipinski definition) is 7. The highest BCUT2D eigenvalue weighted by Gasteiger charge is 2.55. The maximum absolute atomic E-state index is 12.6. The number of halogens is 1. The van der Waals surface area contributed by atoms with Gasteiger partial charge in [-0.05, 0) is 31.6 Å². The molecular weight excluding hydrogens is 398 g/mol. The van der Waals surface area contributed by atoms with Gasteiger partial charge in [-0.2, -0.15) is 0 Å². The molecule has 2 aromatic rings. The van der Waals surface area contributed by atoms with E-state index in [2.05, 4.69) is 19.9 Å². The SMILES string of the molecule is O=[S@@]1CC2(CCC2CO)c2nc(N3CCC(c4ncc(Cl)cn4)CC3)ncc21. The first-order chi connectivity index (χ1) is 13.6. The Hall–Kier alpha value is -1.64.